The number of carbonyl (C=O) groups excluding carboxylic acids is 1. The van der Waals surface area contributed by atoms with Crippen molar-refractivity contribution in [2.24, 2.45) is 0 Å². The molecule has 0 fully saturated rings. The van der Waals surface area contributed by atoms with E-state index in [1.807, 2.05) is 17.5 Å². The Balaban J connectivity index is 1.59. The van der Waals surface area contributed by atoms with Crippen molar-refractivity contribution in [1.29, 1.82) is 0 Å². The zero-order valence-corrected chi connectivity index (χ0v) is 12.5. The Hall–Kier alpha value is -2.54. The van der Waals surface area contributed by atoms with E-state index in [0.717, 1.165) is 18.5 Å². The second-order valence-electron chi connectivity index (χ2n) is 5.18. The Morgan fingerprint density at radius 1 is 1.23 bits per heavy atom. The SMILES string of the molecule is O=C(Nc1ccc2c(c1)CCC2)c1sccc1-n1cnnn1. The van der Waals surface area contributed by atoms with Crippen LogP contribution < -0.4 is 5.32 Å². The Kier molecular flexibility index (Phi) is 3.19. The number of rotatable bonds is 3. The molecule has 0 saturated carbocycles. The molecule has 1 aliphatic carbocycles. The van der Waals surface area contributed by atoms with Crippen LogP contribution in [0, 0.1) is 0 Å². The fourth-order valence-electron chi connectivity index (χ4n) is 2.76. The van der Waals surface area contributed by atoms with E-state index in [2.05, 4.69) is 33.0 Å². The number of thiophene rings is 1. The van der Waals surface area contributed by atoms with E-state index in [0.29, 0.717) is 10.6 Å². The van der Waals surface area contributed by atoms with Gasteiger partial charge < -0.3 is 5.32 Å². The van der Waals surface area contributed by atoms with Crippen LogP contribution in [-0.2, 0) is 12.8 Å². The van der Waals surface area contributed by atoms with Gasteiger partial charge in [0.2, 0.25) is 0 Å². The van der Waals surface area contributed by atoms with Crippen LogP contribution in [0.1, 0.15) is 27.2 Å². The fourth-order valence-corrected chi connectivity index (χ4v) is 3.54. The van der Waals surface area contributed by atoms with Crippen LogP contribution in [0.3, 0.4) is 0 Å². The summed E-state index contributed by atoms with van der Waals surface area (Å²) in [5, 5.41) is 15.9. The molecule has 4 rings (SSSR count). The van der Waals surface area contributed by atoms with Crippen LogP contribution in [0.15, 0.2) is 36.0 Å². The molecule has 0 saturated heterocycles. The molecule has 110 valence electrons. The van der Waals surface area contributed by atoms with Gasteiger partial charge >= 0.3 is 0 Å². The van der Waals surface area contributed by atoms with Crippen LogP contribution >= 0.6 is 11.3 Å². The molecule has 2 aromatic heterocycles. The summed E-state index contributed by atoms with van der Waals surface area (Å²) >= 11 is 1.37. The number of hydrogen-bond donors (Lipinski definition) is 1. The number of nitrogens with one attached hydrogen (secondary N) is 1. The van der Waals surface area contributed by atoms with Crippen molar-refractivity contribution in [2.45, 2.75) is 19.3 Å². The normalized spacial score (nSPS) is 13.1. The van der Waals surface area contributed by atoms with Crippen molar-refractivity contribution in [3.63, 3.8) is 0 Å². The summed E-state index contributed by atoms with van der Waals surface area (Å²) in [5.74, 6) is -0.140. The van der Waals surface area contributed by atoms with Crippen molar-refractivity contribution in [1.82, 2.24) is 20.2 Å². The maximum absolute atomic E-state index is 12.5. The number of tetrazole rings is 1. The number of aromatic nitrogens is 4. The molecule has 0 spiro atoms. The lowest BCUT2D eigenvalue weighted by Gasteiger charge is -2.07. The first-order valence-corrected chi connectivity index (χ1v) is 7.93. The minimum Gasteiger partial charge on any atom is -0.321 e. The van der Waals surface area contributed by atoms with Crippen molar-refractivity contribution in [3.8, 4) is 5.69 Å². The molecule has 1 amide bonds. The number of nitrogens with zero attached hydrogens (tertiary/aromatic N) is 4. The van der Waals surface area contributed by atoms with Crippen LogP contribution in [0.4, 0.5) is 5.69 Å². The number of fused-ring (bicyclic) bond motifs is 1. The maximum Gasteiger partial charge on any atom is 0.267 e. The third kappa shape index (κ3) is 2.29. The predicted octanol–water partition coefficient (Wildman–Crippen LogP) is 2.46. The number of anilines is 1. The number of aryl methyl sites for hydroxylation is 2. The van der Waals surface area contributed by atoms with E-state index >= 15 is 0 Å². The lowest BCUT2D eigenvalue weighted by atomic mass is 10.1. The molecule has 6 nitrogen and oxygen atoms in total. The summed E-state index contributed by atoms with van der Waals surface area (Å²) in [6, 6.07) is 7.98. The summed E-state index contributed by atoms with van der Waals surface area (Å²) in [6.45, 7) is 0. The summed E-state index contributed by atoms with van der Waals surface area (Å²) in [4.78, 5) is 13.1. The summed E-state index contributed by atoms with van der Waals surface area (Å²) in [7, 11) is 0. The van der Waals surface area contributed by atoms with Crippen LogP contribution in [-0.4, -0.2) is 26.1 Å². The average Bonchev–Trinajstić information content (AvgIpc) is 3.26. The molecule has 1 aromatic carbocycles. The minimum absolute atomic E-state index is 0.140. The molecule has 0 aliphatic heterocycles. The largest absolute Gasteiger partial charge is 0.321 e. The van der Waals surface area contributed by atoms with Gasteiger partial charge in [0.15, 0.2) is 0 Å². The lowest BCUT2D eigenvalue weighted by Crippen LogP contribution is -2.13. The van der Waals surface area contributed by atoms with Crippen molar-refractivity contribution < 1.29 is 4.79 Å². The van der Waals surface area contributed by atoms with Crippen LogP contribution in [0.5, 0.6) is 0 Å². The second kappa shape index (κ2) is 5.34. The van der Waals surface area contributed by atoms with Crippen molar-refractivity contribution in [3.05, 3.63) is 52.0 Å². The fraction of sp³-hybridized carbons (Fsp3) is 0.200. The van der Waals surface area contributed by atoms with E-state index in [1.54, 1.807) is 0 Å². The zero-order valence-electron chi connectivity index (χ0n) is 11.7. The third-order valence-corrected chi connectivity index (χ3v) is 4.71. The van der Waals surface area contributed by atoms with Gasteiger partial charge in [0.25, 0.3) is 5.91 Å². The van der Waals surface area contributed by atoms with Gasteiger partial charge in [0, 0.05) is 5.69 Å². The topological polar surface area (TPSA) is 72.7 Å². The van der Waals surface area contributed by atoms with E-state index < -0.39 is 0 Å². The predicted molar refractivity (Wildman–Crippen MR) is 83.5 cm³/mol. The molecule has 2 heterocycles. The Labute approximate surface area is 130 Å². The molecule has 3 aromatic rings. The number of amides is 1. The van der Waals surface area contributed by atoms with Gasteiger partial charge in [-0.3, -0.25) is 4.79 Å². The Morgan fingerprint density at radius 2 is 2.14 bits per heavy atom. The third-order valence-electron chi connectivity index (χ3n) is 3.80. The van der Waals surface area contributed by atoms with E-state index in [1.165, 1.54) is 39.9 Å². The number of benzene rings is 1. The van der Waals surface area contributed by atoms with Gasteiger partial charge in [-0.2, -0.15) is 4.68 Å². The highest BCUT2D eigenvalue weighted by molar-refractivity contribution is 7.12. The zero-order chi connectivity index (χ0) is 14.9. The Morgan fingerprint density at radius 3 is 3.00 bits per heavy atom. The quantitative estimate of drug-likeness (QED) is 0.806. The molecule has 0 bridgehead atoms. The van der Waals surface area contributed by atoms with Crippen molar-refractivity contribution >= 4 is 22.9 Å². The highest BCUT2D eigenvalue weighted by Crippen LogP contribution is 2.26. The standard InChI is InChI=1S/C15H13N5OS/c21-15(14-13(6-7-22-14)20-9-16-18-19-20)17-12-5-4-10-2-1-3-11(10)8-12/h4-9H,1-3H2,(H,17,21). The first-order chi connectivity index (χ1) is 10.8. The van der Waals surface area contributed by atoms with Crippen molar-refractivity contribution in [2.75, 3.05) is 5.32 Å². The monoisotopic (exact) mass is 311 g/mol. The van der Waals surface area contributed by atoms with E-state index in [9.17, 15) is 4.79 Å². The molecule has 0 unspecified atom stereocenters. The van der Waals surface area contributed by atoms with Gasteiger partial charge in [0.05, 0.1) is 5.69 Å². The first kappa shape index (κ1) is 13.1. The van der Waals surface area contributed by atoms with Gasteiger partial charge in [0.1, 0.15) is 11.2 Å². The molecular weight excluding hydrogens is 298 g/mol. The highest BCUT2D eigenvalue weighted by Gasteiger charge is 2.17. The number of carbonyl (C=O) groups is 1. The first-order valence-electron chi connectivity index (χ1n) is 7.05. The molecule has 1 N–H and O–H groups in total. The molecule has 7 heteroatoms. The Bertz CT molecular complexity index is 824. The molecule has 0 radical (unpaired) electrons. The van der Waals surface area contributed by atoms with Gasteiger partial charge in [-0.1, -0.05) is 6.07 Å². The average molecular weight is 311 g/mol. The molecule has 1 aliphatic rings. The number of hydrogen-bond acceptors (Lipinski definition) is 5. The highest BCUT2D eigenvalue weighted by atomic mass is 32.1. The lowest BCUT2D eigenvalue weighted by molar-refractivity contribution is 0.103. The van der Waals surface area contributed by atoms with E-state index in [4.69, 9.17) is 0 Å². The second-order valence-corrected chi connectivity index (χ2v) is 6.10. The minimum atomic E-state index is -0.140. The van der Waals surface area contributed by atoms with Crippen LogP contribution in [0.2, 0.25) is 0 Å². The van der Waals surface area contributed by atoms with Gasteiger partial charge in [-0.05, 0) is 64.4 Å². The molecule has 0 atom stereocenters. The van der Waals surface area contributed by atoms with Gasteiger partial charge in [-0.25, -0.2) is 0 Å². The summed E-state index contributed by atoms with van der Waals surface area (Å²) < 4.78 is 1.49. The van der Waals surface area contributed by atoms with E-state index in [-0.39, 0.29) is 5.91 Å². The molecular formula is C15H13N5OS. The summed E-state index contributed by atoms with van der Waals surface area (Å²) in [5.41, 5.74) is 4.25. The maximum atomic E-state index is 12.5. The molecule has 22 heavy (non-hydrogen) atoms. The van der Waals surface area contributed by atoms with Crippen LogP contribution in [0.25, 0.3) is 5.69 Å². The summed E-state index contributed by atoms with van der Waals surface area (Å²) in [6.07, 6.45) is 4.90. The van der Waals surface area contributed by atoms with Gasteiger partial charge in [-0.15, -0.1) is 16.4 Å². The smallest absolute Gasteiger partial charge is 0.267 e.